The van der Waals surface area contributed by atoms with Crippen molar-refractivity contribution in [2.24, 2.45) is 17.4 Å². The minimum atomic E-state index is -0.438. The molecule has 0 spiro atoms. The van der Waals surface area contributed by atoms with Crippen molar-refractivity contribution >= 4 is 5.91 Å². The molecule has 0 aliphatic heterocycles. The summed E-state index contributed by atoms with van der Waals surface area (Å²) in [6, 6.07) is 3.48. The summed E-state index contributed by atoms with van der Waals surface area (Å²) in [7, 11) is 4.64. The van der Waals surface area contributed by atoms with Crippen LogP contribution in [-0.2, 0) is 11.2 Å². The molecular formula is C13H20N2O4. The van der Waals surface area contributed by atoms with E-state index in [1.54, 1.807) is 33.5 Å². The summed E-state index contributed by atoms with van der Waals surface area (Å²) in [5.74, 6) is 0.869. The highest BCUT2D eigenvalue weighted by atomic mass is 16.5. The average molecular weight is 268 g/mol. The fourth-order valence-electron chi connectivity index (χ4n) is 1.82. The number of primary amides is 1. The molecule has 6 heteroatoms. The van der Waals surface area contributed by atoms with E-state index in [1.807, 2.05) is 0 Å². The summed E-state index contributed by atoms with van der Waals surface area (Å²) in [6.45, 7) is 0.187. The third-order valence-corrected chi connectivity index (χ3v) is 2.94. The lowest BCUT2D eigenvalue weighted by Crippen LogP contribution is -2.31. The van der Waals surface area contributed by atoms with Gasteiger partial charge in [-0.15, -0.1) is 0 Å². The third-order valence-electron chi connectivity index (χ3n) is 2.94. The Morgan fingerprint density at radius 2 is 1.63 bits per heavy atom. The Balaban J connectivity index is 3.14. The van der Waals surface area contributed by atoms with Crippen molar-refractivity contribution in [1.82, 2.24) is 0 Å². The van der Waals surface area contributed by atoms with E-state index < -0.39 is 11.8 Å². The van der Waals surface area contributed by atoms with Crippen LogP contribution in [0.15, 0.2) is 12.1 Å². The number of rotatable bonds is 7. The Morgan fingerprint density at radius 3 is 2.05 bits per heavy atom. The summed E-state index contributed by atoms with van der Waals surface area (Å²) in [5, 5.41) is 0. The van der Waals surface area contributed by atoms with Gasteiger partial charge in [0.15, 0.2) is 11.5 Å². The summed E-state index contributed by atoms with van der Waals surface area (Å²) in [5.41, 5.74) is 11.6. The van der Waals surface area contributed by atoms with E-state index in [9.17, 15) is 4.79 Å². The molecule has 0 aliphatic carbocycles. The molecule has 1 amide bonds. The molecule has 0 heterocycles. The molecule has 0 radical (unpaired) electrons. The van der Waals surface area contributed by atoms with Crippen LogP contribution in [0.4, 0.5) is 0 Å². The highest BCUT2D eigenvalue weighted by Crippen LogP contribution is 2.35. The Bertz CT molecular complexity index is 449. The monoisotopic (exact) mass is 268 g/mol. The van der Waals surface area contributed by atoms with E-state index >= 15 is 0 Å². The Labute approximate surface area is 112 Å². The van der Waals surface area contributed by atoms with Crippen molar-refractivity contribution in [2.45, 2.75) is 6.42 Å². The van der Waals surface area contributed by atoms with Gasteiger partial charge in [0.05, 0.1) is 27.2 Å². The molecule has 0 saturated carbocycles. The Morgan fingerprint density at radius 1 is 1.11 bits per heavy atom. The number of hydrogen-bond acceptors (Lipinski definition) is 5. The first-order chi connectivity index (χ1) is 9.07. The minimum Gasteiger partial charge on any atom is -0.496 e. The van der Waals surface area contributed by atoms with Crippen molar-refractivity contribution in [3.05, 3.63) is 17.7 Å². The number of methoxy groups -OCH3 is 3. The second-order valence-electron chi connectivity index (χ2n) is 4.06. The zero-order chi connectivity index (χ0) is 14.4. The summed E-state index contributed by atoms with van der Waals surface area (Å²) in [6.07, 6.45) is 0.398. The predicted octanol–water partition coefficient (Wildman–Crippen LogP) is 0.315. The highest BCUT2D eigenvalue weighted by Gasteiger charge is 2.19. The van der Waals surface area contributed by atoms with E-state index in [2.05, 4.69) is 0 Å². The molecule has 106 valence electrons. The first-order valence-electron chi connectivity index (χ1n) is 5.85. The van der Waals surface area contributed by atoms with Crippen LogP contribution in [-0.4, -0.2) is 33.8 Å². The topological polar surface area (TPSA) is 96.8 Å². The highest BCUT2D eigenvalue weighted by molar-refractivity contribution is 5.77. The fraction of sp³-hybridized carbons (Fsp3) is 0.462. The van der Waals surface area contributed by atoms with Crippen molar-refractivity contribution in [3.8, 4) is 17.2 Å². The lowest BCUT2D eigenvalue weighted by atomic mass is 9.97. The molecule has 0 aliphatic rings. The van der Waals surface area contributed by atoms with Gasteiger partial charge in [-0.25, -0.2) is 0 Å². The molecule has 1 unspecified atom stereocenters. The van der Waals surface area contributed by atoms with Crippen LogP contribution in [0.3, 0.4) is 0 Å². The van der Waals surface area contributed by atoms with Gasteiger partial charge in [-0.05, 0) is 18.1 Å². The van der Waals surface area contributed by atoms with Crippen molar-refractivity contribution in [1.29, 1.82) is 0 Å². The molecular weight excluding hydrogens is 248 g/mol. The average Bonchev–Trinajstić information content (AvgIpc) is 2.43. The van der Waals surface area contributed by atoms with Crippen LogP contribution in [0.1, 0.15) is 5.56 Å². The molecule has 1 rings (SSSR count). The Kier molecular flexibility index (Phi) is 5.44. The van der Waals surface area contributed by atoms with Crippen LogP contribution < -0.4 is 25.7 Å². The smallest absolute Gasteiger partial charge is 0.222 e. The van der Waals surface area contributed by atoms with Gasteiger partial charge >= 0.3 is 0 Å². The van der Waals surface area contributed by atoms with Crippen molar-refractivity contribution < 1.29 is 19.0 Å². The number of carbonyl (C=O) groups excluding carboxylic acids is 1. The maximum absolute atomic E-state index is 11.3. The van der Waals surface area contributed by atoms with Crippen LogP contribution in [0, 0.1) is 5.92 Å². The molecule has 1 atom stereocenters. The lowest BCUT2D eigenvalue weighted by Gasteiger charge is -2.16. The van der Waals surface area contributed by atoms with Gasteiger partial charge in [0.25, 0.3) is 0 Å². The molecule has 1 aromatic rings. The second-order valence-corrected chi connectivity index (χ2v) is 4.06. The van der Waals surface area contributed by atoms with Gasteiger partial charge < -0.3 is 25.7 Å². The van der Waals surface area contributed by atoms with Gasteiger partial charge in [0, 0.05) is 12.6 Å². The molecule has 6 nitrogen and oxygen atoms in total. The van der Waals surface area contributed by atoms with Gasteiger partial charge in [-0.3, -0.25) is 4.79 Å². The largest absolute Gasteiger partial charge is 0.496 e. The number of ether oxygens (including phenoxy) is 3. The number of nitrogens with two attached hydrogens (primary N) is 2. The zero-order valence-electron chi connectivity index (χ0n) is 11.4. The van der Waals surface area contributed by atoms with Crippen molar-refractivity contribution in [2.75, 3.05) is 27.9 Å². The first kappa shape index (κ1) is 15.1. The number of hydrogen-bond donors (Lipinski definition) is 2. The molecule has 0 saturated heterocycles. The number of benzene rings is 1. The maximum Gasteiger partial charge on any atom is 0.222 e. The van der Waals surface area contributed by atoms with Crippen LogP contribution >= 0.6 is 0 Å². The van der Waals surface area contributed by atoms with Crippen LogP contribution in [0.5, 0.6) is 17.2 Å². The summed E-state index contributed by atoms with van der Waals surface area (Å²) in [4.78, 5) is 11.3. The zero-order valence-corrected chi connectivity index (χ0v) is 11.4. The number of carbonyl (C=O) groups is 1. The molecule has 0 aromatic heterocycles. The second kappa shape index (κ2) is 6.84. The van der Waals surface area contributed by atoms with E-state index in [0.717, 1.165) is 5.56 Å². The number of amides is 1. The SMILES string of the molecule is COc1cc(OC)c(OC)cc1CC(CN)C(N)=O. The summed E-state index contributed by atoms with van der Waals surface area (Å²) >= 11 is 0. The molecule has 1 aromatic carbocycles. The molecule has 19 heavy (non-hydrogen) atoms. The van der Waals surface area contributed by atoms with E-state index in [1.165, 1.54) is 0 Å². The van der Waals surface area contributed by atoms with Gasteiger partial charge in [0.1, 0.15) is 5.75 Å². The third kappa shape index (κ3) is 3.51. The molecule has 0 bridgehead atoms. The van der Waals surface area contributed by atoms with E-state index in [0.29, 0.717) is 23.7 Å². The molecule has 0 fully saturated rings. The van der Waals surface area contributed by atoms with Crippen LogP contribution in [0.2, 0.25) is 0 Å². The van der Waals surface area contributed by atoms with E-state index in [4.69, 9.17) is 25.7 Å². The first-order valence-corrected chi connectivity index (χ1v) is 5.85. The fourth-order valence-corrected chi connectivity index (χ4v) is 1.82. The van der Waals surface area contributed by atoms with E-state index in [-0.39, 0.29) is 6.54 Å². The molecule has 4 N–H and O–H groups in total. The van der Waals surface area contributed by atoms with Crippen molar-refractivity contribution in [3.63, 3.8) is 0 Å². The normalized spacial score (nSPS) is 11.8. The van der Waals surface area contributed by atoms with Gasteiger partial charge in [-0.2, -0.15) is 0 Å². The Hall–Kier alpha value is -1.95. The van der Waals surface area contributed by atoms with Gasteiger partial charge in [-0.1, -0.05) is 0 Å². The van der Waals surface area contributed by atoms with Crippen LogP contribution in [0.25, 0.3) is 0 Å². The standard InChI is InChI=1S/C13H20N2O4/c1-17-10-6-12(19-3)11(18-2)5-8(10)4-9(7-14)13(15)16/h5-6,9H,4,7,14H2,1-3H3,(H2,15,16). The lowest BCUT2D eigenvalue weighted by molar-refractivity contribution is -0.121. The maximum atomic E-state index is 11.3. The predicted molar refractivity (Wildman–Crippen MR) is 71.5 cm³/mol. The quantitative estimate of drug-likeness (QED) is 0.742. The minimum absolute atomic E-state index is 0.187. The van der Waals surface area contributed by atoms with Gasteiger partial charge in [0.2, 0.25) is 5.91 Å². The summed E-state index contributed by atoms with van der Waals surface area (Å²) < 4.78 is 15.7.